The van der Waals surface area contributed by atoms with Crippen LogP contribution in [0, 0.1) is 13.8 Å². The Labute approximate surface area is 232 Å². The molecule has 0 fully saturated rings. The predicted molar refractivity (Wildman–Crippen MR) is 152 cm³/mol. The van der Waals surface area contributed by atoms with Gasteiger partial charge in [0, 0.05) is 40.0 Å². The van der Waals surface area contributed by atoms with E-state index in [1.165, 1.54) is 56.7 Å². The van der Waals surface area contributed by atoms with Crippen LogP contribution >= 0.6 is 0 Å². The standard InChI is InChI=1S/C32H24O9/c1-13-5-19(33)28(20(34)6-13)30-25-18(10-15(39-3)11-22(25)36)31(37)27(30)17-9-16(40-4)12-24-26(17)32(38)29-21(35)7-14(2)8-23(29)41-24/h5-12,33-36H,1-4H3. The van der Waals surface area contributed by atoms with E-state index in [9.17, 15) is 30.0 Å². The maximum atomic E-state index is 14.2. The fourth-order valence-electron chi connectivity index (χ4n) is 5.55. The molecule has 0 bridgehead atoms. The lowest BCUT2D eigenvalue weighted by Gasteiger charge is -2.16. The summed E-state index contributed by atoms with van der Waals surface area (Å²) in [5, 5.41) is 43.7. The minimum absolute atomic E-state index is 0.00216. The molecule has 4 aromatic carbocycles. The molecule has 1 aliphatic rings. The minimum Gasteiger partial charge on any atom is -0.507 e. The van der Waals surface area contributed by atoms with Gasteiger partial charge in [-0.1, -0.05) is 0 Å². The predicted octanol–water partition coefficient (Wildman–Crippen LogP) is 5.56. The molecule has 6 rings (SSSR count). The van der Waals surface area contributed by atoms with Crippen molar-refractivity contribution in [3.8, 4) is 34.5 Å². The van der Waals surface area contributed by atoms with E-state index in [0.717, 1.165) is 0 Å². The van der Waals surface area contributed by atoms with Crippen LogP contribution in [-0.2, 0) is 0 Å². The Kier molecular flexibility index (Phi) is 5.70. The van der Waals surface area contributed by atoms with E-state index in [-0.39, 0.29) is 89.8 Å². The van der Waals surface area contributed by atoms with E-state index in [2.05, 4.69) is 0 Å². The SMILES string of the molecule is COc1cc(O)c2c(c1)C(=O)C(c1cc(OC)cc3oc4cc(C)cc(O)c4c(=O)c13)=C2c1c(O)cc(C)cc1O. The van der Waals surface area contributed by atoms with Gasteiger partial charge in [0.2, 0.25) is 5.43 Å². The summed E-state index contributed by atoms with van der Waals surface area (Å²) in [6.45, 7) is 3.42. The summed E-state index contributed by atoms with van der Waals surface area (Å²) >= 11 is 0. The van der Waals surface area contributed by atoms with E-state index in [4.69, 9.17) is 13.9 Å². The summed E-state index contributed by atoms with van der Waals surface area (Å²) in [5.74, 6) is -1.47. The van der Waals surface area contributed by atoms with Crippen molar-refractivity contribution in [2.45, 2.75) is 13.8 Å². The molecule has 0 saturated heterocycles. The molecule has 1 aromatic heterocycles. The number of Topliss-reactive ketones (excluding diaryl/α,β-unsaturated/α-hetero) is 1. The van der Waals surface area contributed by atoms with E-state index in [1.807, 2.05) is 0 Å². The largest absolute Gasteiger partial charge is 0.507 e. The molecular formula is C32H24O9. The zero-order valence-corrected chi connectivity index (χ0v) is 22.4. The molecule has 41 heavy (non-hydrogen) atoms. The molecule has 0 aliphatic heterocycles. The second-order valence-electron chi connectivity index (χ2n) is 9.96. The van der Waals surface area contributed by atoms with E-state index < -0.39 is 11.2 Å². The van der Waals surface area contributed by atoms with Crippen molar-refractivity contribution < 1.29 is 39.1 Å². The van der Waals surface area contributed by atoms with Gasteiger partial charge in [-0.2, -0.15) is 0 Å². The smallest absolute Gasteiger partial charge is 0.204 e. The monoisotopic (exact) mass is 552 g/mol. The summed E-state index contributed by atoms with van der Waals surface area (Å²) < 4.78 is 16.8. The molecule has 0 amide bonds. The Morgan fingerprint density at radius 1 is 0.585 bits per heavy atom. The van der Waals surface area contributed by atoms with Crippen LogP contribution in [-0.4, -0.2) is 40.4 Å². The first kappa shape index (κ1) is 25.8. The van der Waals surface area contributed by atoms with Crippen LogP contribution < -0.4 is 14.9 Å². The van der Waals surface area contributed by atoms with Crippen molar-refractivity contribution in [3.05, 3.63) is 92.1 Å². The van der Waals surface area contributed by atoms with Crippen LogP contribution in [0.1, 0.15) is 38.2 Å². The van der Waals surface area contributed by atoms with Crippen LogP contribution in [0.15, 0.2) is 57.7 Å². The van der Waals surface area contributed by atoms with Crippen LogP contribution in [0.2, 0.25) is 0 Å². The van der Waals surface area contributed by atoms with Gasteiger partial charge >= 0.3 is 0 Å². The Bertz CT molecular complexity index is 2040. The number of ketones is 1. The molecule has 0 atom stereocenters. The lowest BCUT2D eigenvalue weighted by atomic mass is 9.90. The Balaban J connectivity index is 1.84. The number of fused-ring (bicyclic) bond motifs is 3. The topological polar surface area (TPSA) is 147 Å². The number of hydrogen-bond donors (Lipinski definition) is 4. The number of ether oxygens (including phenoxy) is 2. The normalized spacial score (nSPS) is 12.8. The summed E-state index contributed by atoms with van der Waals surface area (Å²) in [4.78, 5) is 28.2. The average Bonchev–Trinajstić information content (AvgIpc) is 3.18. The first-order chi connectivity index (χ1) is 19.5. The van der Waals surface area contributed by atoms with Crippen LogP contribution in [0.25, 0.3) is 33.1 Å². The molecule has 0 spiro atoms. The second-order valence-corrected chi connectivity index (χ2v) is 9.96. The van der Waals surface area contributed by atoms with Gasteiger partial charge in [0.15, 0.2) is 5.78 Å². The molecule has 9 heteroatoms. The zero-order valence-electron chi connectivity index (χ0n) is 22.4. The highest BCUT2D eigenvalue weighted by atomic mass is 16.5. The second kappa shape index (κ2) is 9.06. The number of allylic oxidation sites excluding steroid dienone is 1. The summed E-state index contributed by atoms with van der Waals surface area (Å²) in [6, 6.07) is 11.6. The van der Waals surface area contributed by atoms with E-state index >= 15 is 0 Å². The van der Waals surface area contributed by atoms with Crippen molar-refractivity contribution >= 4 is 38.9 Å². The first-order valence-electron chi connectivity index (χ1n) is 12.6. The third-order valence-corrected chi connectivity index (χ3v) is 7.27. The van der Waals surface area contributed by atoms with Gasteiger partial charge in [-0.05, 0) is 61.4 Å². The zero-order chi connectivity index (χ0) is 29.3. The van der Waals surface area contributed by atoms with Crippen molar-refractivity contribution in [3.63, 3.8) is 0 Å². The number of carbonyl (C=O) groups excluding carboxylic acids is 1. The minimum atomic E-state index is -0.606. The van der Waals surface area contributed by atoms with Crippen molar-refractivity contribution in [2.24, 2.45) is 0 Å². The van der Waals surface area contributed by atoms with Crippen molar-refractivity contribution in [1.82, 2.24) is 0 Å². The molecule has 0 radical (unpaired) electrons. The number of phenols is 4. The van der Waals surface area contributed by atoms with Crippen molar-refractivity contribution in [1.29, 1.82) is 0 Å². The molecular weight excluding hydrogens is 528 g/mol. The molecule has 1 heterocycles. The fourth-order valence-corrected chi connectivity index (χ4v) is 5.55. The lowest BCUT2D eigenvalue weighted by Crippen LogP contribution is -2.09. The van der Waals surface area contributed by atoms with Gasteiger partial charge in [0.25, 0.3) is 0 Å². The van der Waals surface area contributed by atoms with E-state index in [1.54, 1.807) is 19.9 Å². The number of hydrogen-bond acceptors (Lipinski definition) is 9. The van der Waals surface area contributed by atoms with Crippen LogP contribution in [0.5, 0.6) is 34.5 Å². The number of aryl methyl sites for hydroxylation is 2. The average molecular weight is 553 g/mol. The fraction of sp³-hybridized carbons (Fsp3) is 0.125. The molecule has 5 aromatic rings. The van der Waals surface area contributed by atoms with Crippen LogP contribution in [0.3, 0.4) is 0 Å². The summed E-state index contributed by atoms with van der Waals surface area (Å²) in [6.07, 6.45) is 0. The molecule has 0 saturated carbocycles. The lowest BCUT2D eigenvalue weighted by molar-refractivity contribution is 0.105. The number of methoxy groups -OCH3 is 2. The highest BCUT2D eigenvalue weighted by Gasteiger charge is 2.38. The van der Waals surface area contributed by atoms with Crippen LogP contribution in [0.4, 0.5) is 0 Å². The van der Waals surface area contributed by atoms with Gasteiger partial charge in [-0.25, -0.2) is 0 Å². The molecule has 9 nitrogen and oxygen atoms in total. The molecule has 0 unspecified atom stereocenters. The molecule has 206 valence electrons. The third kappa shape index (κ3) is 3.77. The number of carbonyl (C=O) groups is 1. The Hall–Kier alpha value is -5.44. The summed E-state index contributed by atoms with van der Waals surface area (Å²) in [7, 11) is 2.79. The number of rotatable bonds is 4. The van der Waals surface area contributed by atoms with Gasteiger partial charge in [0.05, 0.1) is 25.2 Å². The highest BCUT2D eigenvalue weighted by Crippen LogP contribution is 2.52. The Morgan fingerprint density at radius 2 is 1.12 bits per heavy atom. The number of phenolic OH excluding ortho intramolecular Hbond substituents is 4. The molecule has 1 aliphatic carbocycles. The Morgan fingerprint density at radius 3 is 1.78 bits per heavy atom. The number of aromatic hydroxyl groups is 4. The van der Waals surface area contributed by atoms with E-state index in [0.29, 0.717) is 11.1 Å². The first-order valence-corrected chi connectivity index (χ1v) is 12.6. The highest BCUT2D eigenvalue weighted by molar-refractivity contribution is 6.43. The van der Waals surface area contributed by atoms with Gasteiger partial charge in [0.1, 0.15) is 51.0 Å². The maximum absolute atomic E-state index is 14.2. The van der Waals surface area contributed by atoms with Gasteiger partial charge in [-0.3, -0.25) is 9.59 Å². The molecule has 4 N–H and O–H groups in total. The quantitative estimate of drug-likeness (QED) is 0.211. The number of benzene rings is 4. The van der Waals surface area contributed by atoms with Gasteiger partial charge in [-0.15, -0.1) is 0 Å². The summed E-state index contributed by atoms with van der Waals surface area (Å²) in [5.41, 5.74) is 0.768. The maximum Gasteiger partial charge on any atom is 0.204 e. The van der Waals surface area contributed by atoms with Gasteiger partial charge < -0.3 is 34.3 Å². The van der Waals surface area contributed by atoms with Crippen molar-refractivity contribution in [2.75, 3.05) is 14.2 Å². The third-order valence-electron chi connectivity index (χ3n) is 7.27.